The zero-order valence-electron chi connectivity index (χ0n) is 10.6. The number of nitrogens with zero attached hydrogens (tertiary/aromatic N) is 1. The lowest BCUT2D eigenvalue weighted by Crippen LogP contribution is -2.21. The van der Waals surface area contributed by atoms with Gasteiger partial charge in [-0.2, -0.15) is 0 Å². The van der Waals surface area contributed by atoms with E-state index in [2.05, 4.69) is 0 Å². The number of nitro groups is 1. The number of carbonyl (C=O) groups excluding carboxylic acids is 1. The van der Waals surface area contributed by atoms with Crippen LogP contribution in [0, 0.1) is 17.0 Å². The van der Waals surface area contributed by atoms with Gasteiger partial charge in [0.25, 0.3) is 5.69 Å². The van der Waals surface area contributed by atoms with Gasteiger partial charge in [0.1, 0.15) is 6.10 Å². The molecule has 2 N–H and O–H groups in total. The number of carbonyl (C=O) groups is 1. The van der Waals surface area contributed by atoms with Gasteiger partial charge in [-0.3, -0.25) is 14.9 Å². The van der Waals surface area contributed by atoms with E-state index in [1.807, 2.05) is 0 Å². The van der Waals surface area contributed by atoms with Gasteiger partial charge in [-0.25, -0.2) is 0 Å². The molecule has 0 aliphatic rings. The molecular formula is C12H15NO5S. The maximum Gasteiger partial charge on any atom is 0.272 e. The number of rotatable bonds is 5. The monoisotopic (exact) mass is 285 g/mol. The zero-order chi connectivity index (χ0) is 14.6. The normalized spacial score (nSPS) is 13.9. The first-order valence-corrected chi connectivity index (χ1v) is 6.56. The zero-order valence-corrected chi connectivity index (χ0v) is 11.4. The van der Waals surface area contributed by atoms with Gasteiger partial charge in [0.15, 0.2) is 5.12 Å². The Morgan fingerprint density at radius 1 is 1.47 bits per heavy atom. The molecule has 0 radical (unpaired) electrons. The highest BCUT2D eigenvalue weighted by Crippen LogP contribution is 2.26. The Bertz CT molecular complexity index is 491. The molecule has 6 nitrogen and oxygen atoms in total. The van der Waals surface area contributed by atoms with Crippen LogP contribution in [0.5, 0.6) is 0 Å². The Hall–Kier alpha value is -1.44. The van der Waals surface area contributed by atoms with Gasteiger partial charge in [0.05, 0.1) is 11.0 Å². The Balaban J connectivity index is 2.87. The average Bonchev–Trinajstić information content (AvgIpc) is 2.35. The summed E-state index contributed by atoms with van der Waals surface area (Å²) < 4.78 is 0. The van der Waals surface area contributed by atoms with Crippen LogP contribution in [0.3, 0.4) is 0 Å². The fraction of sp³-hybridized carbons (Fsp3) is 0.417. The first-order valence-electron chi connectivity index (χ1n) is 5.57. The summed E-state index contributed by atoms with van der Waals surface area (Å²) in [6.45, 7) is 2.96. The van der Waals surface area contributed by atoms with Crippen molar-refractivity contribution in [1.82, 2.24) is 0 Å². The molecule has 7 heteroatoms. The number of hydrogen-bond donors (Lipinski definition) is 2. The van der Waals surface area contributed by atoms with Gasteiger partial charge < -0.3 is 10.2 Å². The van der Waals surface area contributed by atoms with Crippen molar-refractivity contribution in [1.29, 1.82) is 0 Å². The maximum atomic E-state index is 10.8. The summed E-state index contributed by atoms with van der Waals surface area (Å²) in [7, 11) is 0. The van der Waals surface area contributed by atoms with Crippen LogP contribution in [0.25, 0.3) is 0 Å². The van der Waals surface area contributed by atoms with E-state index in [9.17, 15) is 25.1 Å². The second kappa shape index (κ2) is 6.65. The topological polar surface area (TPSA) is 101 Å². The van der Waals surface area contributed by atoms with Crippen LogP contribution in [0.15, 0.2) is 18.2 Å². The lowest BCUT2D eigenvalue weighted by atomic mass is 10.0. The highest BCUT2D eigenvalue weighted by molar-refractivity contribution is 8.13. The fourth-order valence-electron chi connectivity index (χ4n) is 1.52. The molecule has 0 saturated heterocycles. The Morgan fingerprint density at radius 3 is 2.63 bits per heavy atom. The van der Waals surface area contributed by atoms with E-state index < -0.39 is 17.1 Å². The van der Waals surface area contributed by atoms with Crippen LogP contribution in [-0.4, -0.2) is 32.1 Å². The number of benzene rings is 1. The van der Waals surface area contributed by atoms with Gasteiger partial charge in [-0.15, -0.1) is 0 Å². The third kappa shape index (κ3) is 4.30. The number of aliphatic hydroxyl groups excluding tert-OH is 2. The third-order valence-corrected chi connectivity index (χ3v) is 3.51. The molecule has 0 aromatic heterocycles. The minimum absolute atomic E-state index is 0.0399. The Kier molecular flexibility index (Phi) is 5.46. The SMILES string of the molecule is CC(=O)SCC(O)C(O)c1ccc(C)c([N+](=O)[O-])c1. The molecule has 2 unspecified atom stereocenters. The van der Waals surface area contributed by atoms with E-state index in [1.54, 1.807) is 6.92 Å². The smallest absolute Gasteiger partial charge is 0.272 e. The summed E-state index contributed by atoms with van der Waals surface area (Å²) in [5.41, 5.74) is 0.630. The molecular weight excluding hydrogens is 270 g/mol. The predicted octanol–water partition coefficient (Wildman–Crippen LogP) is 1.58. The van der Waals surface area contributed by atoms with Crippen molar-refractivity contribution in [2.75, 3.05) is 5.75 Å². The van der Waals surface area contributed by atoms with Gasteiger partial charge in [-0.05, 0) is 12.5 Å². The van der Waals surface area contributed by atoms with E-state index in [0.29, 0.717) is 5.56 Å². The fourth-order valence-corrected chi connectivity index (χ4v) is 2.11. The quantitative estimate of drug-likeness (QED) is 0.629. The summed E-state index contributed by atoms with van der Waals surface area (Å²) >= 11 is 0.893. The molecule has 1 aromatic carbocycles. The van der Waals surface area contributed by atoms with Crippen LogP contribution in [0.2, 0.25) is 0 Å². The van der Waals surface area contributed by atoms with Crippen molar-refractivity contribution in [3.05, 3.63) is 39.4 Å². The third-order valence-electron chi connectivity index (χ3n) is 2.59. The number of thioether (sulfide) groups is 1. The Labute approximate surface area is 114 Å². The average molecular weight is 285 g/mol. The van der Waals surface area contributed by atoms with E-state index in [0.717, 1.165) is 11.8 Å². The lowest BCUT2D eigenvalue weighted by molar-refractivity contribution is -0.385. The van der Waals surface area contributed by atoms with Gasteiger partial charge in [-0.1, -0.05) is 23.9 Å². The molecule has 0 saturated carbocycles. The summed E-state index contributed by atoms with van der Waals surface area (Å²) in [6.07, 6.45) is -2.41. The highest BCUT2D eigenvalue weighted by Gasteiger charge is 2.22. The molecule has 0 amide bonds. The van der Waals surface area contributed by atoms with Gasteiger partial charge in [0, 0.05) is 24.3 Å². The predicted molar refractivity (Wildman–Crippen MR) is 71.9 cm³/mol. The maximum absolute atomic E-state index is 10.8. The largest absolute Gasteiger partial charge is 0.389 e. The Morgan fingerprint density at radius 2 is 2.11 bits per heavy atom. The standard InChI is InChI=1S/C12H15NO5S/c1-7-3-4-9(5-10(7)13(17)18)12(16)11(15)6-19-8(2)14/h3-5,11-12,15-16H,6H2,1-2H3. The van der Waals surface area contributed by atoms with Gasteiger partial charge in [0.2, 0.25) is 0 Å². The van der Waals surface area contributed by atoms with Crippen molar-refractivity contribution in [2.24, 2.45) is 0 Å². The van der Waals surface area contributed by atoms with Crippen molar-refractivity contribution < 1.29 is 19.9 Å². The second-order valence-electron chi connectivity index (χ2n) is 4.12. The molecule has 19 heavy (non-hydrogen) atoms. The summed E-state index contributed by atoms with van der Waals surface area (Å²) in [5.74, 6) is 0.0399. The van der Waals surface area contributed by atoms with E-state index in [4.69, 9.17) is 0 Å². The van der Waals surface area contributed by atoms with E-state index in [-0.39, 0.29) is 22.1 Å². The minimum atomic E-state index is -1.26. The van der Waals surface area contributed by atoms with Crippen molar-refractivity contribution >= 4 is 22.6 Å². The molecule has 0 heterocycles. The molecule has 0 spiro atoms. The van der Waals surface area contributed by atoms with Crippen LogP contribution < -0.4 is 0 Å². The van der Waals surface area contributed by atoms with Crippen LogP contribution in [0.1, 0.15) is 24.2 Å². The molecule has 2 atom stereocenters. The molecule has 0 bridgehead atoms. The number of hydrogen-bond acceptors (Lipinski definition) is 6. The highest BCUT2D eigenvalue weighted by atomic mass is 32.2. The van der Waals surface area contributed by atoms with E-state index >= 15 is 0 Å². The summed E-state index contributed by atoms with van der Waals surface area (Å²) in [6, 6.07) is 4.28. The van der Waals surface area contributed by atoms with Crippen LogP contribution in [0.4, 0.5) is 5.69 Å². The molecule has 0 fully saturated rings. The van der Waals surface area contributed by atoms with E-state index in [1.165, 1.54) is 25.1 Å². The summed E-state index contributed by atoms with van der Waals surface area (Å²) in [4.78, 5) is 21.0. The van der Waals surface area contributed by atoms with Crippen molar-refractivity contribution in [2.45, 2.75) is 26.1 Å². The molecule has 1 rings (SSSR count). The summed E-state index contributed by atoms with van der Waals surface area (Å²) in [5, 5.41) is 30.3. The molecule has 0 aliphatic heterocycles. The van der Waals surface area contributed by atoms with Crippen molar-refractivity contribution in [3.63, 3.8) is 0 Å². The molecule has 104 valence electrons. The molecule has 0 aliphatic carbocycles. The minimum Gasteiger partial charge on any atom is -0.389 e. The second-order valence-corrected chi connectivity index (χ2v) is 5.31. The van der Waals surface area contributed by atoms with Crippen molar-refractivity contribution in [3.8, 4) is 0 Å². The first-order chi connectivity index (χ1) is 8.82. The first kappa shape index (κ1) is 15.6. The van der Waals surface area contributed by atoms with Gasteiger partial charge >= 0.3 is 0 Å². The molecule has 1 aromatic rings. The number of aliphatic hydroxyl groups is 2. The lowest BCUT2D eigenvalue weighted by Gasteiger charge is -2.17. The van der Waals surface area contributed by atoms with Crippen LogP contribution in [-0.2, 0) is 4.79 Å². The van der Waals surface area contributed by atoms with Crippen LogP contribution >= 0.6 is 11.8 Å². The number of aryl methyl sites for hydroxylation is 1. The number of nitro benzene ring substituents is 1.